The van der Waals surface area contributed by atoms with Crippen molar-refractivity contribution in [3.8, 4) is 0 Å². The fourth-order valence-electron chi connectivity index (χ4n) is 5.84. The van der Waals surface area contributed by atoms with Gasteiger partial charge in [-0.3, -0.25) is 24.6 Å². The van der Waals surface area contributed by atoms with Crippen molar-refractivity contribution in [1.82, 2.24) is 15.1 Å². The number of fused-ring (bicyclic) bond motifs is 1. The maximum Gasteiger partial charge on any atom is 0.255 e. The fourth-order valence-corrected chi connectivity index (χ4v) is 5.84. The molecule has 3 amide bonds. The summed E-state index contributed by atoms with van der Waals surface area (Å²) in [4.78, 5) is 41.3. The van der Waals surface area contributed by atoms with Gasteiger partial charge in [0.25, 0.3) is 5.91 Å². The lowest BCUT2D eigenvalue weighted by atomic mass is 9.81. The van der Waals surface area contributed by atoms with E-state index in [-0.39, 0.29) is 30.2 Å². The second-order valence-corrected chi connectivity index (χ2v) is 10.1. The number of carbonyl (C=O) groups is 3. The molecule has 4 aliphatic rings. The molecule has 0 radical (unpaired) electrons. The van der Waals surface area contributed by atoms with Crippen molar-refractivity contribution in [2.24, 2.45) is 11.7 Å². The van der Waals surface area contributed by atoms with Crippen molar-refractivity contribution in [2.45, 2.75) is 63.2 Å². The highest BCUT2D eigenvalue weighted by molar-refractivity contribution is 6.06. The Morgan fingerprint density at radius 3 is 2.59 bits per heavy atom. The number of imide groups is 1. The maximum atomic E-state index is 13.2. The molecule has 2 saturated heterocycles. The first-order valence-electron chi connectivity index (χ1n) is 12.6. The van der Waals surface area contributed by atoms with Gasteiger partial charge in [-0.15, -0.1) is 0 Å². The zero-order valence-corrected chi connectivity index (χ0v) is 19.6. The number of amides is 3. The van der Waals surface area contributed by atoms with Crippen LogP contribution >= 0.6 is 0 Å². The van der Waals surface area contributed by atoms with E-state index in [9.17, 15) is 14.4 Å². The number of nitrogens with one attached hydrogen (secondary N) is 2. The van der Waals surface area contributed by atoms with Crippen LogP contribution in [0.25, 0.3) is 0 Å². The number of morpholine rings is 1. The lowest BCUT2D eigenvalue weighted by Gasteiger charge is -2.38. The molecule has 9 heteroatoms. The van der Waals surface area contributed by atoms with Crippen LogP contribution in [0.3, 0.4) is 0 Å². The molecule has 4 N–H and O–H groups in total. The molecule has 1 aliphatic carbocycles. The molecule has 3 aliphatic heterocycles. The lowest BCUT2D eigenvalue weighted by Crippen LogP contribution is -2.52. The Bertz CT molecular complexity index is 939. The highest BCUT2D eigenvalue weighted by Gasteiger charge is 2.40. The van der Waals surface area contributed by atoms with Gasteiger partial charge < -0.3 is 20.7 Å². The summed E-state index contributed by atoms with van der Waals surface area (Å²) < 4.78 is 5.54. The number of benzene rings is 1. The van der Waals surface area contributed by atoms with Crippen molar-refractivity contribution < 1.29 is 19.1 Å². The smallest absolute Gasteiger partial charge is 0.255 e. The Labute approximate surface area is 200 Å². The molecule has 1 aromatic carbocycles. The minimum atomic E-state index is -0.602. The third-order valence-electron chi connectivity index (χ3n) is 7.87. The minimum Gasteiger partial charge on any atom is -0.380 e. The SMILES string of the molecule is NC1CCC([C@H](CN2CCOCC2)Nc2cccc3c2CN([C@@H]2CCC(=O)NC2=O)C3=O)CC1. The van der Waals surface area contributed by atoms with Crippen molar-refractivity contribution in [2.75, 3.05) is 38.2 Å². The molecule has 1 saturated carbocycles. The maximum absolute atomic E-state index is 13.2. The van der Waals surface area contributed by atoms with Gasteiger partial charge in [0.05, 0.1) is 13.2 Å². The van der Waals surface area contributed by atoms with Gasteiger partial charge >= 0.3 is 0 Å². The van der Waals surface area contributed by atoms with Gasteiger partial charge in [0.1, 0.15) is 6.04 Å². The van der Waals surface area contributed by atoms with Gasteiger partial charge in [0, 0.05) is 61.5 Å². The normalized spacial score (nSPS) is 29.0. The van der Waals surface area contributed by atoms with E-state index in [4.69, 9.17) is 10.5 Å². The largest absolute Gasteiger partial charge is 0.380 e. The predicted molar refractivity (Wildman–Crippen MR) is 127 cm³/mol. The van der Waals surface area contributed by atoms with Gasteiger partial charge in [-0.05, 0) is 50.2 Å². The zero-order chi connectivity index (χ0) is 23.7. The number of anilines is 1. The number of hydrogen-bond acceptors (Lipinski definition) is 7. The average Bonchev–Trinajstić information content (AvgIpc) is 3.17. The van der Waals surface area contributed by atoms with E-state index in [0.29, 0.717) is 30.5 Å². The third kappa shape index (κ3) is 4.82. The van der Waals surface area contributed by atoms with E-state index < -0.39 is 6.04 Å². The van der Waals surface area contributed by atoms with Crippen LogP contribution in [0.2, 0.25) is 0 Å². The predicted octanol–water partition coefficient (Wildman–Crippen LogP) is 1.08. The van der Waals surface area contributed by atoms with Gasteiger partial charge in [-0.2, -0.15) is 0 Å². The molecule has 0 spiro atoms. The number of rotatable bonds is 6. The molecule has 9 nitrogen and oxygen atoms in total. The Morgan fingerprint density at radius 2 is 1.85 bits per heavy atom. The third-order valence-corrected chi connectivity index (χ3v) is 7.87. The molecule has 184 valence electrons. The summed E-state index contributed by atoms with van der Waals surface area (Å²) >= 11 is 0. The van der Waals surface area contributed by atoms with Crippen molar-refractivity contribution in [3.05, 3.63) is 29.3 Å². The summed E-state index contributed by atoms with van der Waals surface area (Å²) in [7, 11) is 0. The molecule has 34 heavy (non-hydrogen) atoms. The number of carbonyl (C=O) groups excluding carboxylic acids is 3. The number of hydrogen-bond donors (Lipinski definition) is 3. The van der Waals surface area contributed by atoms with E-state index in [1.807, 2.05) is 18.2 Å². The average molecular weight is 470 g/mol. The van der Waals surface area contributed by atoms with Gasteiger partial charge in [-0.1, -0.05) is 6.07 Å². The molecule has 2 atom stereocenters. The number of ether oxygens (including phenoxy) is 1. The Hall–Kier alpha value is -2.49. The van der Waals surface area contributed by atoms with E-state index >= 15 is 0 Å². The van der Waals surface area contributed by atoms with E-state index in [1.54, 1.807) is 4.90 Å². The van der Waals surface area contributed by atoms with Crippen molar-refractivity contribution >= 4 is 23.4 Å². The first-order valence-corrected chi connectivity index (χ1v) is 12.6. The first kappa shape index (κ1) is 23.3. The Morgan fingerprint density at radius 1 is 1.09 bits per heavy atom. The summed E-state index contributed by atoms with van der Waals surface area (Å²) in [5.41, 5.74) is 8.74. The highest BCUT2D eigenvalue weighted by Crippen LogP contribution is 2.35. The standard InChI is InChI=1S/C25H35N5O4/c26-17-6-4-16(5-7-17)21(15-29-10-12-34-13-11-29)27-20-3-1-2-18-19(20)14-30(25(18)33)22-8-9-23(31)28-24(22)32/h1-3,16-17,21-22,27H,4-15,26H2,(H,28,31,32)/t16?,17?,21-,22+/m0/s1. The fraction of sp³-hybridized carbons (Fsp3) is 0.640. The lowest BCUT2D eigenvalue weighted by molar-refractivity contribution is -0.136. The minimum absolute atomic E-state index is 0.137. The highest BCUT2D eigenvalue weighted by atomic mass is 16.5. The molecular weight excluding hydrogens is 434 g/mol. The molecular formula is C25H35N5O4. The van der Waals surface area contributed by atoms with Crippen LogP contribution in [0, 0.1) is 5.92 Å². The summed E-state index contributed by atoms with van der Waals surface area (Å²) in [5.74, 6) is -0.273. The molecule has 5 rings (SSSR count). The summed E-state index contributed by atoms with van der Waals surface area (Å²) in [5, 5.41) is 6.20. The second-order valence-electron chi connectivity index (χ2n) is 10.1. The number of nitrogens with zero attached hydrogens (tertiary/aromatic N) is 2. The molecule has 1 aromatic rings. The number of piperidine rings is 1. The van der Waals surface area contributed by atoms with Crippen LogP contribution in [0.15, 0.2) is 18.2 Å². The quantitative estimate of drug-likeness (QED) is 0.534. The molecule has 0 unspecified atom stereocenters. The van der Waals surface area contributed by atoms with Crippen LogP contribution in [0.1, 0.15) is 54.4 Å². The van der Waals surface area contributed by atoms with Crippen LogP contribution in [0.5, 0.6) is 0 Å². The van der Waals surface area contributed by atoms with Crippen LogP contribution in [-0.4, -0.2) is 78.5 Å². The second kappa shape index (κ2) is 10.0. The molecule has 0 bridgehead atoms. The van der Waals surface area contributed by atoms with Gasteiger partial charge in [0.15, 0.2) is 0 Å². The van der Waals surface area contributed by atoms with E-state index in [0.717, 1.165) is 69.8 Å². The van der Waals surface area contributed by atoms with Crippen molar-refractivity contribution in [3.63, 3.8) is 0 Å². The van der Waals surface area contributed by atoms with Gasteiger partial charge in [-0.25, -0.2) is 0 Å². The topological polar surface area (TPSA) is 117 Å². The first-order chi connectivity index (χ1) is 16.5. The van der Waals surface area contributed by atoms with Crippen LogP contribution < -0.4 is 16.4 Å². The Balaban J connectivity index is 1.35. The summed E-state index contributed by atoms with van der Waals surface area (Å²) in [6.07, 6.45) is 4.91. The van der Waals surface area contributed by atoms with Crippen LogP contribution in [-0.2, 0) is 20.9 Å². The van der Waals surface area contributed by atoms with Crippen molar-refractivity contribution in [1.29, 1.82) is 0 Å². The van der Waals surface area contributed by atoms with Crippen LogP contribution in [0.4, 0.5) is 5.69 Å². The molecule has 3 heterocycles. The molecule has 0 aromatic heterocycles. The Kier molecular flexibility index (Phi) is 6.85. The van der Waals surface area contributed by atoms with E-state index in [1.165, 1.54) is 0 Å². The summed E-state index contributed by atoms with van der Waals surface area (Å²) in [6, 6.07) is 5.73. The van der Waals surface area contributed by atoms with E-state index in [2.05, 4.69) is 15.5 Å². The molecule has 3 fully saturated rings. The monoisotopic (exact) mass is 469 g/mol. The van der Waals surface area contributed by atoms with Gasteiger partial charge in [0.2, 0.25) is 11.8 Å². The number of nitrogens with two attached hydrogens (primary N) is 1. The zero-order valence-electron chi connectivity index (χ0n) is 19.6. The summed E-state index contributed by atoms with van der Waals surface area (Å²) in [6.45, 7) is 4.69.